The highest BCUT2D eigenvalue weighted by Crippen LogP contribution is 2.47. The molecule has 0 atom stereocenters. The first kappa shape index (κ1) is 26.2. The fourth-order valence-electron chi connectivity index (χ4n) is 6.63. The van der Waals surface area contributed by atoms with Crippen molar-refractivity contribution in [2.75, 3.05) is 9.80 Å². The van der Waals surface area contributed by atoms with Crippen LogP contribution in [0.3, 0.4) is 0 Å². The van der Waals surface area contributed by atoms with Crippen LogP contribution in [0.4, 0.5) is 37.2 Å². The van der Waals surface area contributed by atoms with Gasteiger partial charge in [-0.15, -0.1) is 0 Å². The molecule has 0 amide bonds. The molecular weight excluding hydrogens is 546 g/mol. The SMILES string of the molecule is Fc1ccccc1N(C1=CC=CCC1)c1ccc2ccc3c(N(c4ccccc4)c4ccccc4F)ccc4ccc1c2c43. The van der Waals surface area contributed by atoms with Gasteiger partial charge in [0.05, 0.1) is 22.7 Å². The van der Waals surface area contributed by atoms with E-state index in [9.17, 15) is 0 Å². The maximum absolute atomic E-state index is 15.5. The molecule has 0 radical (unpaired) electrons. The minimum absolute atomic E-state index is 0.265. The predicted octanol–water partition coefficient (Wildman–Crippen LogP) is 11.7. The van der Waals surface area contributed by atoms with Crippen molar-refractivity contribution < 1.29 is 8.78 Å². The molecule has 0 saturated carbocycles. The molecule has 0 heterocycles. The molecule has 0 aromatic heterocycles. The molecule has 1 aliphatic carbocycles. The van der Waals surface area contributed by atoms with Crippen molar-refractivity contribution in [3.8, 4) is 0 Å². The van der Waals surface area contributed by atoms with Crippen LogP contribution in [0.25, 0.3) is 32.3 Å². The largest absolute Gasteiger partial charge is 0.311 e. The Morgan fingerprint density at radius 1 is 0.477 bits per heavy atom. The fourth-order valence-corrected chi connectivity index (χ4v) is 6.63. The Morgan fingerprint density at radius 3 is 1.57 bits per heavy atom. The molecule has 4 heteroatoms. The Labute approximate surface area is 254 Å². The van der Waals surface area contributed by atoms with E-state index in [0.717, 1.165) is 67.9 Å². The number of benzene rings is 7. The average Bonchev–Trinajstić information content (AvgIpc) is 3.07. The summed E-state index contributed by atoms with van der Waals surface area (Å²) in [6, 6.07) is 40.8. The highest BCUT2D eigenvalue weighted by Gasteiger charge is 2.24. The summed E-state index contributed by atoms with van der Waals surface area (Å²) in [5, 5.41) is 6.45. The lowest BCUT2D eigenvalue weighted by Crippen LogP contribution is -2.19. The van der Waals surface area contributed by atoms with Gasteiger partial charge in [-0.1, -0.05) is 91.0 Å². The lowest BCUT2D eigenvalue weighted by Gasteiger charge is -2.31. The summed E-state index contributed by atoms with van der Waals surface area (Å²) in [4.78, 5) is 4.06. The molecule has 0 fully saturated rings. The molecule has 0 saturated heterocycles. The predicted molar refractivity (Wildman–Crippen MR) is 180 cm³/mol. The highest BCUT2D eigenvalue weighted by atomic mass is 19.1. The normalized spacial score (nSPS) is 13.1. The Kier molecular flexibility index (Phi) is 6.34. The second kappa shape index (κ2) is 10.7. The summed E-state index contributed by atoms with van der Waals surface area (Å²) < 4.78 is 30.9. The Morgan fingerprint density at radius 2 is 1.00 bits per heavy atom. The zero-order chi connectivity index (χ0) is 29.6. The van der Waals surface area contributed by atoms with E-state index in [1.165, 1.54) is 12.1 Å². The summed E-state index contributed by atoms with van der Waals surface area (Å²) in [5.41, 5.74) is 4.74. The quantitative estimate of drug-likeness (QED) is 0.182. The van der Waals surface area contributed by atoms with E-state index in [-0.39, 0.29) is 11.6 Å². The van der Waals surface area contributed by atoms with Crippen molar-refractivity contribution in [3.63, 3.8) is 0 Å². The Hall–Kier alpha value is -5.48. The van der Waals surface area contributed by atoms with Crippen molar-refractivity contribution in [3.05, 3.63) is 163 Å². The van der Waals surface area contributed by atoms with E-state index in [4.69, 9.17) is 0 Å². The van der Waals surface area contributed by atoms with Gasteiger partial charge in [-0.2, -0.15) is 0 Å². The van der Waals surface area contributed by atoms with Crippen molar-refractivity contribution in [1.29, 1.82) is 0 Å². The average molecular weight is 575 g/mol. The summed E-state index contributed by atoms with van der Waals surface area (Å²) in [6.45, 7) is 0. The number of halogens is 2. The highest BCUT2D eigenvalue weighted by molar-refractivity contribution is 6.28. The second-order valence-electron chi connectivity index (χ2n) is 11.1. The monoisotopic (exact) mass is 574 g/mol. The van der Waals surface area contributed by atoms with E-state index < -0.39 is 0 Å². The van der Waals surface area contributed by atoms with Crippen LogP contribution in [-0.2, 0) is 0 Å². The summed E-state index contributed by atoms with van der Waals surface area (Å²) in [7, 11) is 0. The van der Waals surface area contributed by atoms with Gasteiger partial charge >= 0.3 is 0 Å². The molecule has 7 aromatic carbocycles. The van der Waals surface area contributed by atoms with Crippen LogP contribution < -0.4 is 9.80 Å². The molecule has 44 heavy (non-hydrogen) atoms. The van der Waals surface area contributed by atoms with Crippen molar-refractivity contribution in [2.45, 2.75) is 12.8 Å². The van der Waals surface area contributed by atoms with E-state index in [2.05, 4.69) is 71.7 Å². The molecule has 0 unspecified atom stereocenters. The topological polar surface area (TPSA) is 6.48 Å². The van der Waals surface area contributed by atoms with Gasteiger partial charge in [0, 0.05) is 22.2 Å². The van der Waals surface area contributed by atoms with Crippen molar-refractivity contribution in [1.82, 2.24) is 0 Å². The maximum Gasteiger partial charge on any atom is 0.147 e. The van der Waals surface area contributed by atoms with Gasteiger partial charge in [-0.25, -0.2) is 8.78 Å². The third-order valence-corrected chi connectivity index (χ3v) is 8.58. The standard InChI is InChI=1S/C40H28F2N2/c41-33-15-7-9-17-37(33)43(29-11-3-1-4-12-29)35-25-21-27-20-24-32-36(26-22-28-19-23-31(35)39(27)40(28)32)44(30-13-5-2-6-14-30)38-18-10-8-16-34(38)42/h1-5,7-13,15-26H,6,14H2. The first-order valence-corrected chi connectivity index (χ1v) is 14.9. The maximum atomic E-state index is 15.5. The Bertz CT molecular complexity index is 2220. The van der Waals surface area contributed by atoms with Gasteiger partial charge < -0.3 is 9.80 Å². The van der Waals surface area contributed by atoms with Gasteiger partial charge in [0.1, 0.15) is 11.6 Å². The van der Waals surface area contributed by atoms with Gasteiger partial charge in [0.2, 0.25) is 0 Å². The fraction of sp³-hybridized carbons (Fsp3) is 0.0500. The summed E-state index contributed by atoms with van der Waals surface area (Å²) >= 11 is 0. The van der Waals surface area contributed by atoms with Crippen LogP contribution in [0.5, 0.6) is 0 Å². The van der Waals surface area contributed by atoms with Crippen LogP contribution in [0, 0.1) is 11.6 Å². The number of rotatable bonds is 6. The molecule has 8 rings (SSSR count). The number of anilines is 5. The van der Waals surface area contributed by atoms with Crippen molar-refractivity contribution in [2.24, 2.45) is 0 Å². The second-order valence-corrected chi connectivity index (χ2v) is 11.1. The van der Waals surface area contributed by atoms with Gasteiger partial charge in [-0.05, 0) is 89.0 Å². The molecular formula is C40H28F2N2. The van der Waals surface area contributed by atoms with Crippen LogP contribution >= 0.6 is 0 Å². The smallest absolute Gasteiger partial charge is 0.147 e. The lowest BCUT2D eigenvalue weighted by atomic mass is 9.91. The molecule has 212 valence electrons. The van der Waals surface area contributed by atoms with E-state index in [1.807, 2.05) is 59.5 Å². The first-order chi connectivity index (χ1) is 21.7. The first-order valence-electron chi connectivity index (χ1n) is 14.9. The summed E-state index contributed by atoms with van der Waals surface area (Å²) in [6.07, 6.45) is 7.99. The number of hydrogen-bond donors (Lipinski definition) is 0. The van der Waals surface area contributed by atoms with Crippen LogP contribution in [0.2, 0.25) is 0 Å². The number of hydrogen-bond acceptors (Lipinski definition) is 2. The van der Waals surface area contributed by atoms with Crippen LogP contribution in [0.1, 0.15) is 12.8 Å². The minimum Gasteiger partial charge on any atom is -0.311 e. The van der Waals surface area contributed by atoms with Crippen LogP contribution in [0.15, 0.2) is 151 Å². The molecule has 0 aliphatic heterocycles. The van der Waals surface area contributed by atoms with E-state index >= 15 is 8.78 Å². The zero-order valence-electron chi connectivity index (χ0n) is 23.9. The zero-order valence-corrected chi connectivity index (χ0v) is 23.9. The number of nitrogens with zero attached hydrogens (tertiary/aromatic N) is 2. The minimum atomic E-state index is -0.292. The molecule has 0 spiro atoms. The molecule has 2 nitrogen and oxygen atoms in total. The molecule has 0 bridgehead atoms. The molecule has 7 aromatic rings. The van der Waals surface area contributed by atoms with E-state index in [0.29, 0.717) is 11.4 Å². The summed E-state index contributed by atoms with van der Waals surface area (Å²) in [5.74, 6) is -0.556. The van der Waals surface area contributed by atoms with Crippen molar-refractivity contribution >= 4 is 60.8 Å². The molecule has 1 aliphatic rings. The van der Waals surface area contributed by atoms with Crippen LogP contribution in [-0.4, -0.2) is 0 Å². The lowest BCUT2D eigenvalue weighted by molar-refractivity contribution is 0.627. The number of allylic oxidation sites excluding steroid dienone is 4. The third kappa shape index (κ3) is 4.22. The van der Waals surface area contributed by atoms with Gasteiger partial charge in [0.25, 0.3) is 0 Å². The van der Waals surface area contributed by atoms with E-state index in [1.54, 1.807) is 12.1 Å². The third-order valence-electron chi connectivity index (χ3n) is 8.58. The number of para-hydroxylation sites is 3. The molecule has 0 N–H and O–H groups in total. The van der Waals surface area contributed by atoms with Gasteiger partial charge in [-0.3, -0.25) is 0 Å². The van der Waals surface area contributed by atoms with Gasteiger partial charge in [0.15, 0.2) is 0 Å². The Balaban J connectivity index is 1.42.